The first-order valence-electron chi connectivity index (χ1n) is 7.95. The molecule has 112 valence electrons. The number of rotatable bonds is 10. The number of unbranched alkanes of at least 4 members (excludes halogenated alkanes) is 5. The Kier molecular flexibility index (Phi) is 6.79. The van der Waals surface area contributed by atoms with Crippen molar-refractivity contribution in [2.24, 2.45) is 0 Å². The minimum atomic E-state index is 0.843. The number of hydrogen-bond acceptors (Lipinski definition) is 2. The Morgan fingerprint density at radius 2 is 1.52 bits per heavy atom. The van der Waals surface area contributed by atoms with Crippen LogP contribution in [0.3, 0.4) is 0 Å². The summed E-state index contributed by atoms with van der Waals surface area (Å²) >= 11 is 0. The van der Waals surface area contributed by atoms with Crippen molar-refractivity contribution < 1.29 is 9.21 Å². The maximum absolute atomic E-state index is 10.9. The van der Waals surface area contributed by atoms with Crippen molar-refractivity contribution in [2.75, 3.05) is 0 Å². The van der Waals surface area contributed by atoms with Gasteiger partial charge in [-0.15, -0.1) is 0 Å². The van der Waals surface area contributed by atoms with E-state index in [-0.39, 0.29) is 0 Å². The van der Waals surface area contributed by atoms with Crippen molar-refractivity contribution in [1.29, 1.82) is 0 Å². The van der Waals surface area contributed by atoms with Crippen molar-refractivity contribution >= 4 is 6.29 Å². The highest BCUT2D eigenvalue weighted by Crippen LogP contribution is 2.14. The van der Waals surface area contributed by atoms with Crippen LogP contribution in [-0.4, -0.2) is 6.29 Å². The van der Waals surface area contributed by atoms with Crippen LogP contribution in [-0.2, 0) is 12.8 Å². The average Bonchev–Trinajstić information content (AvgIpc) is 3.03. The molecule has 2 rings (SSSR count). The summed E-state index contributed by atoms with van der Waals surface area (Å²) in [6.45, 7) is 0. The van der Waals surface area contributed by atoms with Gasteiger partial charge in [0.1, 0.15) is 12.0 Å². The van der Waals surface area contributed by atoms with Gasteiger partial charge in [0.15, 0.2) is 0 Å². The van der Waals surface area contributed by atoms with Crippen LogP contribution in [0.4, 0.5) is 0 Å². The van der Waals surface area contributed by atoms with Crippen molar-refractivity contribution in [1.82, 2.24) is 0 Å². The van der Waals surface area contributed by atoms with Gasteiger partial charge < -0.3 is 4.42 Å². The van der Waals surface area contributed by atoms with E-state index >= 15 is 0 Å². The Labute approximate surface area is 127 Å². The predicted octanol–water partition coefficient (Wildman–Crippen LogP) is 5.22. The fourth-order valence-corrected chi connectivity index (χ4v) is 2.65. The van der Waals surface area contributed by atoms with Crippen LogP contribution in [0.25, 0.3) is 0 Å². The van der Waals surface area contributed by atoms with Gasteiger partial charge in [0.25, 0.3) is 0 Å². The predicted molar refractivity (Wildman–Crippen MR) is 85.6 cm³/mol. The zero-order valence-electron chi connectivity index (χ0n) is 12.6. The van der Waals surface area contributed by atoms with Crippen LogP contribution in [0.15, 0.2) is 47.1 Å². The quantitative estimate of drug-likeness (QED) is 0.442. The number of furan rings is 1. The standard InChI is InChI=1S/C19H24O2/c20-16-18-12-8-7-11-17(18)10-5-3-1-2-4-6-13-19-14-9-15-21-19/h7-9,11-12,14-16H,1-6,10,13H2. The van der Waals surface area contributed by atoms with Crippen molar-refractivity contribution in [2.45, 2.75) is 51.4 Å². The Morgan fingerprint density at radius 1 is 0.810 bits per heavy atom. The molecule has 0 saturated carbocycles. The average molecular weight is 284 g/mol. The number of benzene rings is 1. The molecule has 1 aromatic heterocycles. The summed E-state index contributed by atoms with van der Waals surface area (Å²) in [4.78, 5) is 10.9. The van der Waals surface area contributed by atoms with Gasteiger partial charge in [-0.25, -0.2) is 0 Å². The molecular formula is C19H24O2. The zero-order chi connectivity index (χ0) is 14.8. The van der Waals surface area contributed by atoms with Crippen LogP contribution in [0.5, 0.6) is 0 Å². The first-order chi connectivity index (χ1) is 10.4. The summed E-state index contributed by atoms with van der Waals surface area (Å²) in [5, 5.41) is 0. The third-order valence-electron chi connectivity index (χ3n) is 3.88. The summed E-state index contributed by atoms with van der Waals surface area (Å²) in [6, 6.07) is 11.9. The molecule has 0 unspecified atom stereocenters. The van der Waals surface area contributed by atoms with E-state index in [2.05, 4.69) is 6.07 Å². The molecule has 0 saturated heterocycles. The minimum Gasteiger partial charge on any atom is -0.469 e. The van der Waals surface area contributed by atoms with E-state index < -0.39 is 0 Å². The molecule has 0 bridgehead atoms. The Balaban J connectivity index is 1.51. The maximum Gasteiger partial charge on any atom is 0.150 e. The molecule has 0 amide bonds. The second kappa shape index (κ2) is 9.17. The number of aldehydes is 1. The molecule has 2 heteroatoms. The number of hydrogen-bond donors (Lipinski definition) is 0. The highest BCUT2D eigenvalue weighted by atomic mass is 16.3. The third-order valence-corrected chi connectivity index (χ3v) is 3.88. The van der Waals surface area contributed by atoms with E-state index in [0.29, 0.717) is 0 Å². The third kappa shape index (κ3) is 5.58. The van der Waals surface area contributed by atoms with E-state index in [4.69, 9.17) is 4.42 Å². The van der Waals surface area contributed by atoms with Crippen LogP contribution in [0.2, 0.25) is 0 Å². The molecule has 0 aliphatic heterocycles. The summed E-state index contributed by atoms with van der Waals surface area (Å²) in [5.41, 5.74) is 2.03. The molecule has 0 aliphatic carbocycles. The van der Waals surface area contributed by atoms with E-state index in [9.17, 15) is 4.79 Å². The van der Waals surface area contributed by atoms with Gasteiger partial charge in [-0.3, -0.25) is 4.79 Å². The normalized spacial score (nSPS) is 10.7. The molecule has 0 atom stereocenters. The second-order valence-corrected chi connectivity index (χ2v) is 5.52. The molecule has 0 aliphatic rings. The first-order valence-corrected chi connectivity index (χ1v) is 7.95. The SMILES string of the molecule is O=Cc1ccccc1CCCCCCCCc1ccco1. The lowest BCUT2D eigenvalue weighted by Crippen LogP contribution is -1.92. The molecule has 0 N–H and O–H groups in total. The number of carbonyl (C=O) groups is 1. The Bertz CT molecular complexity index is 514. The van der Waals surface area contributed by atoms with Crippen LogP contribution in [0, 0.1) is 0 Å². The lowest BCUT2D eigenvalue weighted by atomic mass is 10.0. The van der Waals surface area contributed by atoms with Crippen LogP contribution >= 0.6 is 0 Å². The van der Waals surface area contributed by atoms with Crippen molar-refractivity contribution in [3.63, 3.8) is 0 Å². The molecule has 0 fully saturated rings. The smallest absolute Gasteiger partial charge is 0.150 e. The summed E-state index contributed by atoms with van der Waals surface area (Å²) in [7, 11) is 0. The van der Waals surface area contributed by atoms with Crippen LogP contribution in [0.1, 0.15) is 60.2 Å². The molecule has 2 nitrogen and oxygen atoms in total. The second-order valence-electron chi connectivity index (χ2n) is 5.52. The van der Waals surface area contributed by atoms with Crippen molar-refractivity contribution in [3.05, 3.63) is 59.5 Å². The van der Waals surface area contributed by atoms with Gasteiger partial charge >= 0.3 is 0 Å². The highest BCUT2D eigenvalue weighted by molar-refractivity contribution is 5.77. The van der Waals surface area contributed by atoms with Gasteiger partial charge in [0, 0.05) is 12.0 Å². The number of aryl methyl sites for hydroxylation is 2. The molecule has 2 aromatic rings. The summed E-state index contributed by atoms with van der Waals surface area (Å²) in [5.74, 6) is 1.10. The molecule has 0 spiro atoms. The molecule has 0 radical (unpaired) electrons. The lowest BCUT2D eigenvalue weighted by molar-refractivity contribution is 0.112. The highest BCUT2D eigenvalue weighted by Gasteiger charge is 2.00. The fourth-order valence-electron chi connectivity index (χ4n) is 2.65. The van der Waals surface area contributed by atoms with Gasteiger partial charge in [0.2, 0.25) is 0 Å². The molecular weight excluding hydrogens is 260 g/mol. The zero-order valence-corrected chi connectivity index (χ0v) is 12.6. The Morgan fingerprint density at radius 3 is 2.24 bits per heavy atom. The van der Waals surface area contributed by atoms with E-state index in [1.165, 1.54) is 44.1 Å². The van der Waals surface area contributed by atoms with Gasteiger partial charge in [-0.1, -0.05) is 49.9 Å². The van der Waals surface area contributed by atoms with E-state index in [0.717, 1.165) is 30.5 Å². The molecule has 1 heterocycles. The largest absolute Gasteiger partial charge is 0.469 e. The number of carbonyl (C=O) groups excluding carboxylic acids is 1. The van der Waals surface area contributed by atoms with Gasteiger partial charge in [-0.2, -0.15) is 0 Å². The van der Waals surface area contributed by atoms with E-state index in [1.807, 2.05) is 30.3 Å². The van der Waals surface area contributed by atoms with Crippen LogP contribution < -0.4 is 0 Å². The van der Waals surface area contributed by atoms with E-state index in [1.54, 1.807) is 6.26 Å². The summed E-state index contributed by atoms with van der Waals surface area (Å²) < 4.78 is 5.32. The van der Waals surface area contributed by atoms with Crippen molar-refractivity contribution in [3.8, 4) is 0 Å². The minimum absolute atomic E-state index is 0.843. The Hall–Kier alpha value is -1.83. The van der Waals surface area contributed by atoms with Gasteiger partial charge in [0.05, 0.1) is 6.26 Å². The first kappa shape index (κ1) is 15.6. The summed E-state index contributed by atoms with van der Waals surface area (Å²) in [6.07, 6.45) is 12.2. The lowest BCUT2D eigenvalue weighted by Gasteiger charge is -2.04. The molecule has 21 heavy (non-hydrogen) atoms. The monoisotopic (exact) mass is 284 g/mol. The topological polar surface area (TPSA) is 30.2 Å². The molecule has 1 aromatic carbocycles. The fraction of sp³-hybridized carbons (Fsp3) is 0.421. The maximum atomic E-state index is 10.9. The van der Waals surface area contributed by atoms with Gasteiger partial charge in [-0.05, 0) is 37.0 Å².